The van der Waals surface area contributed by atoms with Crippen LogP contribution in [-0.4, -0.2) is 44.5 Å². The van der Waals surface area contributed by atoms with Gasteiger partial charge >= 0.3 is 0 Å². The van der Waals surface area contributed by atoms with Crippen LogP contribution in [0.25, 0.3) is 0 Å². The van der Waals surface area contributed by atoms with Crippen LogP contribution in [0.15, 0.2) is 18.2 Å². The maximum absolute atomic E-state index is 11.3. The average Bonchev–Trinajstić information content (AvgIpc) is 2.46. The van der Waals surface area contributed by atoms with E-state index in [0.29, 0.717) is 6.29 Å². The molecule has 0 aromatic heterocycles. The topological polar surface area (TPSA) is 66.5 Å². The van der Waals surface area contributed by atoms with E-state index in [0.717, 1.165) is 31.9 Å². The van der Waals surface area contributed by atoms with Gasteiger partial charge < -0.3 is 10.2 Å². The van der Waals surface area contributed by atoms with E-state index >= 15 is 0 Å². The third-order valence-corrected chi connectivity index (χ3v) is 3.02. The summed E-state index contributed by atoms with van der Waals surface area (Å²) in [5, 5.41) is 3.24. The van der Waals surface area contributed by atoms with E-state index in [-0.39, 0.29) is 17.4 Å². The zero-order valence-electron chi connectivity index (χ0n) is 9.89. The highest BCUT2D eigenvalue weighted by atomic mass is 16.2. The number of piperazine rings is 1. The summed E-state index contributed by atoms with van der Waals surface area (Å²) in [6, 6.07) is 4.97. The fourth-order valence-corrected chi connectivity index (χ4v) is 2.06. The number of Topliss-reactive ketones (excluding diaryl/α,β-unsaturated/α-hetero) is 1. The number of aldehydes is 2. The Bertz CT molecular complexity index is 479. The molecule has 0 bridgehead atoms. The minimum absolute atomic E-state index is 0.166. The molecule has 1 fully saturated rings. The smallest absolute Gasteiger partial charge is 0.226 e. The molecule has 0 aliphatic carbocycles. The normalized spacial score (nSPS) is 15.2. The van der Waals surface area contributed by atoms with Crippen LogP contribution in [0.5, 0.6) is 0 Å². The van der Waals surface area contributed by atoms with Crippen molar-refractivity contribution in [1.29, 1.82) is 0 Å². The van der Waals surface area contributed by atoms with Crippen molar-refractivity contribution in [3.63, 3.8) is 0 Å². The molecule has 1 N–H and O–H groups in total. The Morgan fingerprint density at radius 3 is 2.56 bits per heavy atom. The molecule has 1 heterocycles. The van der Waals surface area contributed by atoms with Crippen molar-refractivity contribution in [3.05, 3.63) is 29.3 Å². The number of hydrogen-bond acceptors (Lipinski definition) is 5. The lowest BCUT2D eigenvalue weighted by Crippen LogP contribution is -2.43. The zero-order valence-corrected chi connectivity index (χ0v) is 9.89. The number of benzene rings is 1. The Morgan fingerprint density at radius 2 is 1.94 bits per heavy atom. The Balaban J connectivity index is 2.31. The highest BCUT2D eigenvalue weighted by Crippen LogP contribution is 2.19. The maximum Gasteiger partial charge on any atom is 0.226 e. The number of rotatable bonds is 4. The first kappa shape index (κ1) is 12.4. The molecule has 1 aromatic rings. The van der Waals surface area contributed by atoms with E-state index in [4.69, 9.17) is 0 Å². The fraction of sp³-hybridized carbons (Fsp3) is 0.308. The van der Waals surface area contributed by atoms with Gasteiger partial charge in [-0.05, 0) is 18.2 Å². The predicted molar refractivity (Wildman–Crippen MR) is 67.3 cm³/mol. The van der Waals surface area contributed by atoms with Crippen LogP contribution >= 0.6 is 0 Å². The Labute approximate surface area is 105 Å². The summed E-state index contributed by atoms with van der Waals surface area (Å²) in [5.74, 6) is -0.663. The van der Waals surface area contributed by atoms with Crippen LogP contribution in [0.3, 0.4) is 0 Å². The lowest BCUT2D eigenvalue weighted by atomic mass is 10.0. The molecule has 5 heteroatoms. The van der Waals surface area contributed by atoms with Crippen molar-refractivity contribution in [1.82, 2.24) is 5.32 Å². The Kier molecular flexibility index (Phi) is 3.84. The first-order chi connectivity index (χ1) is 8.76. The third kappa shape index (κ3) is 2.46. The SMILES string of the molecule is O=CC(=O)c1ccc(N2CCNCC2)cc1C=O. The molecule has 5 nitrogen and oxygen atoms in total. The first-order valence-electron chi connectivity index (χ1n) is 5.80. The number of carbonyl (C=O) groups excluding carboxylic acids is 3. The molecule has 18 heavy (non-hydrogen) atoms. The molecule has 0 saturated carbocycles. The largest absolute Gasteiger partial charge is 0.369 e. The van der Waals surface area contributed by atoms with Crippen LogP contribution in [0.1, 0.15) is 20.7 Å². The van der Waals surface area contributed by atoms with Gasteiger partial charge in [-0.25, -0.2) is 0 Å². The van der Waals surface area contributed by atoms with Crippen LogP contribution in [0, 0.1) is 0 Å². The zero-order chi connectivity index (χ0) is 13.0. The van der Waals surface area contributed by atoms with Crippen molar-refractivity contribution in [3.8, 4) is 0 Å². The molecular weight excluding hydrogens is 232 g/mol. The average molecular weight is 246 g/mol. The summed E-state index contributed by atoms with van der Waals surface area (Å²) in [4.78, 5) is 34.9. The van der Waals surface area contributed by atoms with Crippen LogP contribution in [0.4, 0.5) is 5.69 Å². The van der Waals surface area contributed by atoms with Gasteiger partial charge in [0.25, 0.3) is 0 Å². The summed E-state index contributed by atoms with van der Waals surface area (Å²) in [5.41, 5.74) is 1.34. The maximum atomic E-state index is 11.3. The Hall–Kier alpha value is -2.01. The van der Waals surface area contributed by atoms with Crippen molar-refractivity contribution < 1.29 is 14.4 Å². The van der Waals surface area contributed by atoms with E-state index in [2.05, 4.69) is 10.2 Å². The molecule has 0 atom stereocenters. The lowest BCUT2D eigenvalue weighted by molar-refractivity contribution is -0.104. The quantitative estimate of drug-likeness (QED) is 0.470. The minimum atomic E-state index is -0.663. The molecule has 0 spiro atoms. The summed E-state index contributed by atoms with van der Waals surface area (Å²) in [7, 11) is 0. The first-order valence-corrected chi connectivity index (χ1v) is 5.80. The number of hydrogen-bond donors (Lipinski definition) is 1. The van der Waals surface area contributed by atoms with Crippen LogP contribution in [0.2, 0.25) is 0 Å². The highest BCUT2D eigenvalue weighted by molar-refractivity contribution is 6.34. The van der Waals surface area contributed by atoms with Gasteiger partial charge in [-0.2, -0.15) is 0 Å². The number of anilines is 1. The van der Waals surface area contributed by atoms with Gasteiger partial charge in [0.2, 0.25) is 5.78 Å². The van der Waals surface area contributed by atoms with E-state index < -0.39 is 5.78 Å². The molecule has 0 amide bonds. The van der Waals surface area contributed by atoms with E-state index in [9.17, 15) is 14.4 Å². The van der Waals surface area contributed by atoms with E-state index in [1.165, 1.54) is 6.07 Å². The minimum Gasteiger partial charge on any atom is -0.369 e. The second-order valence-corrected chi connectivity index (χ2v) is 4.11. The van der Waals surface area contributed by atoms with Crippen LogP contribution in [-0.2, 0) is 4.79 Å². The number of nitrogens with one attached hydrogen (secondary N) is 1. The number of ketones is 1. The van der Waals surface area contributed by atoms with Crippen molar-refractivity contribution in [2.24, 2.45) is 0 Å². The highest BCUT2D eigenvalue weighted by Gasteiger charge is 2.15. The van der Waals surface area contributed by atoms with Gasteiger partial charge in [0.1, 0.15) is 0 Å². The lowest BCUT2D eigenvalue weighted by Gasteiger charge is -2.29. The molecule has 1 saturated heterocycles. The van der Waals surface area contributed by atoms with Crippen molar-refractivity contribution in [2.75, 3.05) is 31.1 Å². The third-order valence-electron chi connectivity index (χ3n) is 3.02. The number of carbonyl (C=O) groups is 3. The van der Waals surface area contributed by atoms with Crippen molar-refractivity contribution >= 4 is 24.0 Å². The molecule has 1 aliphatic heterocycles. The molecule has 94 valence electrons. The van der Waals surface area contributed by atoms with Gasteiger partial charge in [0.05, 0.1) is 0 Å². The second kappa shape index (κ2) is 5.55. The molecular formula is C13H14N2O3. The van der Waals surface area contributed by atoms with Gasteiger partial charge in [0, 0.05) is 43.0 Å². The molecule has 1 aliphatic rings. The second-order valence-electron chi connectivity index (χ2n) is 4.11. The molecule has 1 aromatic carbocycles. The standard InChI is InChI=1S/C13H14N2O3/c16-8-10-7-11(15-5-3-14-4-6-15)1-2-12(10)13(18)9-17/h1-2,7-9,14H,3-6H2. The fourth-order valence-electron chi connectivity index (χ4n) is 2.06. The van der Waals surface area contributed by atoms with Gasteiger partial charge in [-0.1, -0.05) is 0 Å². The van der Waals surface area contributed by atoms with E-state index in [1.54, 1.807) is 12.1 Å². The van der Waals surface area contributed by atoms with Gasteiger partial charge in [0.15, 0.2) is 12.6 Å². The summed E-state index contributed by atoms with van der Waals surface area (Å²) in [6.07, 6.45) is 0.843. The van der Waals surface area contributed by atoms with Gasteiger partial charge in [-0.3, -0.25) is 14.4 Å². The number of nitrogens with zero attached hydrogens (tertiary/aromatic N) is 1. The summed E-state index contributed by atoms with van der Waals surface area (Å²) in [6.45, 7) is 3.51. The van der Waals surface area contributed by atoms with E-state index in [1.807, 2.05) is 0 Å². The van der Waals surface area contributed by atoms with Crippen molar-refractivity contribution in [2.45, 2.75) is 0 Å². The monoisotopic (exact) mass is 246 g/mol. The summed E-state index contributed by atoms with van der Waals surface area (Å²) >= 11 is 0. The summed E-state index contributed by atoms with van der Waals surface area (Å²) < 4.78 is 0. The van der Waals surface area contributed by atoms with Crippen LogP contribution < -0.4 is 10.2 Å². The molecule has 0 unspecified atom stereocenters. The molecule has 2 rings (SSSR count). The van der Waals surface area contributed by atoms with Gasteiger partial charge in [-0.15, -0.1) is 0 Å². The Morgan fingerprint density at radius 1 is 1.22 bits per heavy atom. The predicted octanol–water partition coefficient (Wildman–Crippen LogP) is 0.290. The molecule has 0 radical (unpaired) electrons.